The van der Waals surface area contributed by atoms with E-state index in [0.717, 1.165) is 12.0 Å². The summed E-state index contributed by atoms with van der Waals surface area (Å²) in [6, 6.07) is 0. The molecule has 0 aromatic carbocycles. The van der Waals surface area contributed by atoms with E-state index in [9.17, 15) is 8.76 Å². The fraction of sp³-hybridized carbons (Fsp3) is 0.429. The lowest BCUT2D eigenvalue weighted by Crippen LogP contribution is -1.98. The molecule has 0 fully saturated rings. The Kier molecular flexibility index (Phi) is 2.40. The van der Waals surface area contributed by atoms with Crippen LogP contribution >= 0.6 is 0 Å². The van der Waals surface area contributed by atoms with Crippen LogP contribution in [0.1, 0.15) is 19.8 Å². The predicted octanol–water partition coefficient (Wildman–Crippen LogP) is 1.49. The van der Waals surface area contributed by atoms with Crippen LogP contribution in [0.4, 0.5) is 0 Å². The van der Waals surface area contributed by atoms with Gasteiger partial charge in [0.1, 0.15) is 0 Å². The number of rotatable bonds is 1. The Labute approximate surface area is 62.9 Å². The molecule has 0 heterocycles. The van der Waals surface area contributed by atoms with Gasteiger partial charge in [-0.2, -0.15) is 0 Å². The fourth-order valence-corrected chi connectivity index (χ4v) is 1.59. The van der Waals surface area contributed by atoms with Gasteiger partial charge < -0.3 is 4.55 Å². The SMILES string of the molecule is CC1=C(S(=O)[O-])CCC=C1. The lowest BCUT2D eigenvalue weighted by Gasteiger charge is -2.14. The summed E-state index contributed by atoms with van der Waals surface area (Å²) in [7, 11) is 0. The van der Waals surface area contributed by atoms with Gasteiger partial charge in [0.15, 0.2) is 0 Å². The quantitative estimate of drug-likeness (QED) is 0.541. The van der Waals surface area contributed by atoms with Crippen LogP contribution < -0.4 is 0 Å². The van der Waals surface area contributed by atoms with Gasteiger partial charge in [0.25, 0.3) is 0 Å². The summed E-state index contributed by atoms with van der Waals surface area (Å²) in [4.78, 5) is 0.558. The Balaban J connectivity index is 2.89. The van der Waals surface area contributed by atoms with Crippen LogP contribution in [0.2, 0.25) is 0 Å². The molecule has 0 amide bonds. The maximum atomic E-state index is 10.5. The molecule has 0 aromatic rings. The largest absolute Gasteiger partial charge is 0.769 e. The minimum atomic E-state index is -2.00. The van der Waals surface area contributed by atoms with Crippen molar-refractivity contribution in [3.05, 3.63) is 22.6 Å². The Morgan fingerprint density at radius 2 is 2.40 bits per heavy atom. The van der Waals surface area contributed by atoms with E-state index in [1.165, 1.54) is 0 Å². The molecule has 1 unspecified atom stereocenters. The van der Waals surface area contributed by atoms with Crippen molar-refractivity contribution in [2.24, 2.45) is 0 Å². The minimum absolute atomic E-state index is 0.558. The normalized spacial score (nSPS) is 21.4. The highest BCUT2D eigenvalue weighted by Gasteiger charge is 2.03. The maximum absolute atomic E-state index is 10.5. The molecule has 0 saturated carbocycles. The Hall–Kier alpha value is -0.410. The summed E-state index contributed by atoms with van der Waals surface area (Å²) in [5.41, 5.74) is 0.875. The Morgan fingerprint density at radius 3 is 2.80 bits per heavy atom. The highest BCUT2D eigenvalue weighted by molar-refractivity contribution is 7.83. The first kappa shape index (κ1) is 7.69. The van der Waals surface area contributed by atoms with Gasteiger partial charge in [0, 0.05) is 4.91 Å². The van der Waals surface area contributed by atoms with Crippen molar-refractivity contribution in [1.29, 1.82) is 0 Å². The molecule has 0 bridgehead atoms. The summed E-state index contributed by atoms with van der Waals surface area (Å²) in [6.45, 7) is 1.82. The van der Waals surface area contributed by atoms with Crippen LogP contribution in [0.5, 0.6) is 0 Å². The van der Waals surface area contributed by atoms with Crippen molar-refractivity contribution in [2.45, 2.75) is 19.8 Å². The van der Waals surface area contributed by atoms with Crippen molar-refractivity contribution in [2.75, 3.05) is 0 Å². The smallest absolute Gasteiger partial charge is 0.00561 e. The van der Waals surface area contributed by atoms with E-state index >= 15 is 0 Å². The highest BCUT2D eigenvalue weighted by Crippen LogP contribution is 2.19. The second-order valence-electron chi connectivity index (χ2n) is 2.28. The summed E-state index contributed by atoms with van der Waals surface area (Å²) in [5.74, 6) is 0. The molecule has 1 rings (SSSR count). The molecule has 56 valence electrons. The van der Waals surface area contributed by atoms with E-state index in [0.29, 0.717) is 11.3 Å². The predicted molar refractivity (Wildman–Crippen MR) is 40.0 cm³/mol. The fourth-order valence-electron chi connectivity index (χ4n) is 0.979. The van der Waals surface area contributed by atoms with Crippen LogP contribution in [-0.2, 0) is 11.1 Å². The van der Waals surface area contributed by atoms with Gasteiger partial charge in [-0.25, -0.2) is 0 Å². The first-order chi connectivity index (χ1) is 4.72. The van der Waals surface area contributed by atoms with Crippen molar-refractivity contribution in [1.82, 2.24) is 0 Å². The molecular formula is C7H9O2S-. The van der Waals surface area contributed by atoms with Crippen LogP contribution in [0.15, 0.2) is 22.6 Å². The molecule has 0 spiro atoms. The second-order valence-corrected chi connectivity index (χ2v) is 3.24. The Morgan fingerprint density at radius 1 is 1.70 bits per heavy atom. The zero-order valence-corrected chi connectivity index (χ0v) is 6.61. The Bertz CT molecular complexity index is 216. The number of hydrogen-bond donors (Lipinski definition) is 0. The van der Waals surface area contributed by atoms with Crippen LogP contribution in [0.25, 0.3) is 0 Å². The highest BCUT2D eigenvalue weighted by atomic mass is 32.2. The molecule has 10 heavy (non-hydrogen) atoms. The van der Waals surface area contributed by atoms with Crippen LogP contribution in [0.3, 0.4) is 0 Å². The van der Waals surface area contributed by atoms with Crippen LogP contribution in [0, 0.1) is 0 Å². The minimum Gasteiger partial charge on any atom is -0.769 e. The summed E-state index contributed by atoms with van der Waals surface area (Å²) in [5, 5.41) is 0. The van der Waals surface area contributed by atoms with E-state index < -0.39 is 11.1 Å². The third-order valence-corrected chi connectivity index (χ3v) is 2.48. The third kappa shape index (κ3) is 1.55. The second kappa shape index (κ2) is 3.12. The van der Waals surface area contributed by atoms with Gasteiger partial charge in [0.05, 0.1) is 0 Å². The molecule has 1 aliphatic carbocycles. The van der Waals surface area contributed by atoms with Crippen molar-refractivity contribution in [3.8, 4) is 0 Å². The van der Waals surface area contributed by atoms with Gasteiger partial charge in [0.2, 0.25) is 0 Å². The molecule has 0 N–H and O–H groups in total. The third-order valence-electron chi connectivity index (χ3n) is 1.55. The van der Waals surface area contributed by atoms with Crippen molar-refractivity contribution >= 4 is 11.1 Å². The van der Waals surface area contributed by atoms with Gasteiger partial charge in [-0.3, -0.25) is 4.21 Å². The van der Waals surface area contributed by atoms with Gasteiger partial charge in [-0.05, 0) is 36.4 Å². The average molecular weight is 157 g/mol. The van der Waals surface area contributed by atoms with E-state index in [4.69, 9.17) is 0 Å². The van der Waals surface area contributed by atoms with Crippen molar-refractivity contribution < 1.29 is 8.76 Å². The lowest BCUT2D eigenvalue weighted by molar-refractivity contribution is 0.541. The standard InChI is InChI=1S/C7H10O2S/c1-6-4-2-3-5-7(6)10(8)9/h2,4H,3,5H2,1H3,(H,8,9)/p-1. The first-order valence-corrected chi connectivity index (χ1v) is 4.25. The molecule has 0 aliphatic heterocycles. The van der Waals surface area contributed by atoms with Gasteiger partial charge in [-0.15, -0.1) is 0 Å². The summed E-state index contributed by atoms with van der Waals surface area (Å²) >= 11 is -2.00. The summed E-state index contributed by atoms with van der Waals surface area (Å²) < 4.78 is 20.9. The lowest BCUT2D eigenvalue weighted by atomic mass is 10.1. The zero-order chi connectivity index (χ0) is 7.56. The maximum Gasteiger partial charge on any atom is 0.00561 e. The topological polar surface area (TPSA) is 40.1 Å². The number of hydrogen-bond acceptors (Lipinski definition) is 2. The monoisotopic (exact) mass is 157 g/mol. The number of allylic oxidation sites excluding steroid dienone is 4. The molecule has 2 nitrogen and oxygen atoms in total. The van der Waals surface area contributed by atoms with E-state index in [1.54, 1.807) is 0 Å². The van der Waals surface area contributed by atoms with Crippen LogP contribution in [-0.4, -0.2) is 8.76 Å². The van der Waals surface area contributed by atoms with E-state index in [2.05, 4.69) is 0 Å². The first-order valence-electron chi connectivity index (χ1n) is 3.17. The van der Waals surface area contributed by atoms with Gasteiger partial charge in [-0.1, -0.05) is 12.2 Å². The molecule has 1 aliphatic rings. The van der Waals surface area contributed by atoms with Gasteiger partial charge >= 0.3 is 0 Å². The van der Waals surface area contributed by atoms with E-state index in [1.807, 2.05) is 19.1 Å². The molecule has 0 aromatic heterocycles. The molecule has 1 atom stereocenters. The molecule has 0 radical (unpaired) electrons. The van der Waals surface area contributed by atoms with Crippen molar-refractivity contribution in [3.63, 3.8) is 0 Å². The molecule has 0 saturated heterocycles. The summed E-state index contributed by atoms with van der Waals surface area (Å²) in [6.07, 6.45) is 5.36. The zero-order valence-electron chi connectivity index (χ0n) is 5.79. The average Bonchev–Trinajstić information content (AvgIpc) is 1.88. The molecule has 3 heteroatoms. The van der Waals surface area contributed by atoms with E-state index in [-0.39, 0.29) is 0 Å². The molecular weight excluding hydrogens is 148 g/mol.